The van der Waals surface area contributed by atoms with Gasteiger partial charge >= 0.3 is 5.97 Å². The number of carboxylic acids is 1. The van der Waals surface area contributed by atoms with Gasteiger partial charge in [-0.3, -0.25) is 9.78 Å². The standard InChI is InChI=1S/C20H18FN5O3/c21-16-5-14-17(27)15(20(28)29)10-25(8-11-2-1-3-22-6-11)18(14)24-19(16)26-9-12-4-13(26)7-23-12/h1-3,5-6,10,12-13,23H,4,7-9H2,(H,28,29)/t12-,13-/m0/s1. The van der Waals surface area contributed by atoms with E-state index in [9.17, 15) is 19.1 Å². The summed E-state index contributed by atoms with van der Waals surface area (Å²) in [5, 5.41) is 12.8. The van der Waals surface area contributed by atoms with Gasteiger partial charge in [0.05, 0.1) is 11.9 Å². The van der Waals surface area contributed by atoms with Gasteiger partial charge < -0.3 is 19.9 Å². The number of anilines is 1. The number of piperazine rings is 1. The molecule has 8 nitrogen and oxygen atoms in total. The van der Waals surface area contributed by atoms with Crippen molar-refractivity contribution in [1.29, 1.82) is 0 Å². The summed E-state index contributed by atoms with van der Waals surface area (Å²) in [6.45, 7) is 1.68. The first kappa shape index (κ1) is 17.7. The van der Waals surface area contributed by atoms with Gasteiger partial charge in [0.1, 0.15) is 11.2 Å². The number of hydrogen-bond donors (Lipinski definition) is 2. The predicted octanol–water partition coefficient (Wildman–Crippen LogP) is 1.23. The minimum atomic E-state index is -1.36. The first-order valence-corrected chi connectivity index (χ1v) is 9.37. The Morgan fingerprint density at radius 2 is 2.28 bits per heavy atom. The molecule has 2 N–H and O–H groups in total. The zero-order valence-corrected chi connectivity index (χ0v) is 15.4. The van der Waals surface area contributed by atoms with Crippen LogP contribution >= 0.6 is 0 Å². The highest BCUT2D eigenvalue weighted by molar-refractivity contribution is 5.92. The predicted molar refractivity (Wildman–Crippen MR) is 104 cm³/mol. The van der Waals surface area contributed by atoms with E-state index < -0.39 is 22.8 Å². The van der Waals surface area contributed by atoms with Gasteiger partial charge in [-0.1, -0.05) is 6.07 Å². The third-order valence-corrected chi connectivity index (χ3v) is 5.62. The molecule has 0 aromatic carbocycles. The quantitative estimate of drug-likeness (QED) is 0.685. The number of aromatic nitrogens is 3. The number of carbonyl (C=O) groups is 1. The van der Waals surface area contributed by atoms with Crippen LogP contribution in [0.15, 0.2) is 41.6 Å². The summed E-state index contributed by atoms with van der Waals surface area (Å²) in [4.78, 5) is 34.7. The number of aromatic carboxylic acids is 1. The molecule has 9 heteroatoms. The van der Waals surface area contributed by atoms with Gasteiger partial charge in [-0.05, 0) is 24.1 Å². The van der Waals surface area contributed by atoms with Gasteiger partial charge in [0.25, 0.3) is 0 Å². The average molecular weight is 395 g/mol. The molecule has 2 saturated heterocycles. The minimum absolute atomic E-state index is 0.0440. The van der Waals surface area contributed by atoms with Crippen molar-refractivity contribution in [1.82, 2.24) is 19.9 Å². The Labute approximate surface area is 164 Å². The molecule has 0 aliphatic carbocycles. The van der Waals surface area contributed by atoms with Crippen LogP contribution in [-0.4, -0.2) is 50.8 Å². The van der Waals surface area contributed by atoms with Crippen molar-refractivity contribution >= 4 is 22.8 Å². The number of carboxylic acid groups (broad SMARTS) is 1. The van der Waals surface area contributed by atoms with Crippen LogP contribution < -0.4 is 15.6 Å². The zero-order valence-electron chi connectivity index (χ0n) is 15.4. The Kier molecular flexibility index (Phi) is 4.06. The number of halogens is 1. The van der Waals surface area contributed by atoms with Gasteiger partial charge in [-0.2, -0.15) is 0 Å². The molecule has 5 rings (SSSR count). The number of nitrogens with zero attached hydrogens (tertiary/aromatic N) is 4. The Hall–Kier alpha value is -3.33. The largest absolute Gasteiger partial charge is 0.477 e. The maximum atomic E-state index is 14.9. The second-order valence-corrected chi connectivity index (χ2v) is 7.48. The van der Waals surface area contributed by atoms with Crippen molar-refractivity contribution in [2.24, 2.45) is 0 Å². The van der Waals surface area contributed by atoms with Crippen LogP contribution in [0.25, 0.3) is 11.0 Å². The van der Waals surface area contributed by atoms with Crippen molar-refractivity contribution < 1.29 is 14.3 Å². The third kappa shape index (κ3) is 2.94. The number of nitrogens with one attached hydrogen (secondary N) is 1. The molecule has 29 heavy (non-hydrogen) atoms. The van der Waals surface area contributed by atoms with Crippen LogP contribution in [0.5, 0.6) is 0 Å². The van der Waals surface area contributed by atoms with Gasteiger partial charge in [-0.15, -0.1) is 0 Å². The number of pyridine rings is 3. The lowest BCUT2D eigenvalue weighted by molar-refractivity contribution is 0.0695. The Morgan fingerprint density at radius 1 is 1.41 bits per heavy atom. The van der Waals surface area contributed by atoms with Gasteiger partial charge in [0.2, 0.25) is 5.43 Å². The first-order chi connectivity index (χ1) is 14.0. The summed E-state index contributed by atoms with van der Waals surface area (Å²) in [6.07, 6.45) is 5.49. The van der Waals surface area contributed by atoms with E-state index >= 15 is 0 Å². The fourth-order valence-corrected chi connectivity index (χ4v) is 4.26. The highest BCUT2D eigenvalue weighted by Gasteiger charge is 2.39. The lowest BCUT2D eigenvalue weighted by Gasteiger charge is -2.29. The molecule has 0 saturated carbocycles. The summed E-state index contributed by atoms with van der Waals surface area (Å²) < 4.78 is 16.5. The smallest absolute Gasteiger partial charge is 0.341 e. The summed E-state index contributed by atoms with van der Waals surface area (Å²) in [6, 6.07) is 5.20. The van der Waals surface area contributed by atoms with Crippen molar-refractivity contribution in [2.45, 2.75) is 25.0 Å². The third-order valence-electron chi connectivity index (χ3n) is 5.62. The molecule has 3 aromatic rings. The van der Waals surface area contributed by atoms with Crippen LogP contribution in [0.1, 0.15) is 22.3 Å². The van der Waals surface area contributed by atoms with Gasteiger partial charge in [0, 0.05) is 43.8 Å². The molecule has 2 atom stereocenters. The molecular weight excluding hydrogens is 377 g/mol. The van der Waals surface area contributed by atoms with E-state index in [-0.39, 0.29) is 29.4 Å². The molecule has 0 unspecified atom stereocenters. The molecule has 0 amide bonds. The summed E-state index contributed by atoms with van der Waals surface area (Å²) in [5.41, 5.74) is -0.0841. The molecule has 0 radical (unpaired) electrons. The normalized spacial score (nSPS) is 20.5. The number of rotatable bonds is 4. The molecule has 2 fully saturated rings. The van der Waals surface area contributed by atoms with E-state index in [1.807, 2.05) is 11.0 Å². The van der Waals surface area contributed by atoms with Crippen molar-refractivity contribution in [3.8, 4) is 0 Å². The molecule has 2 bridgehead atoms. The lowest BCUT2D eigenvalue weighted by Crippen LogP contribution is -2.44. The fraction of sp³-hybridized carbons (Fsp3) is 0.300. The topological polar surface area (TPSA) is 100 Å². The van der Waals surface area contributed by atoms with Crippen LogP contribution in [0.4, 0.5) is 10.2 Å². The van der Waals surface area contributed by atoms with Gasteiger partial charge in [0.15, 0.2) is 11.6 Å². The second kappa shape index (κ2) is 6.63. The average Bonchev–Trinajstić information content (AvgIpc) is 3.34. The lowest BCUT2D eigenvalue weighted by atomic mass is 10.1. The van der Waals surface area contributed by atoms with Gasteiger partial charge in [-0.25, -0.2) is 14.2 Å². The van der Waals surface area contributed by atoms with E-state index in [0.29, 0.717) is 12.6 Å². The van der Waals surface area contributed by atoms with E-state index in [0.717, 1.165) is 24.6 Å². The molecule has 0 spiro atoms. The maximum Gasteiger partial charge on any atom is 0.341 e. The van der Waals surface area contributed by atoms with E-state index in [1.165, 1.54) is 6.20 Å². The molecule has 3 aromatic heterocycles. The molecule has 2 aliphatic heterocycles. The van der Waals surface area contributed by atoms with Crippen LogP contribution in [0.3, 0.4) is 0 Å². The molecular formula is C20H18FN5O3. The number of hydrogen-bond acceptors (Lipinski definition) is 6. The summed E-state index contributed by atoms with van der Waals surface area (Å²) in [5.74, 6) is -1.77. The summed E-state index contributed by atoms with van der Waals surface area (Å²) >= 11 is 0. The second-order valence-electron chi connectivity index (χ2n) is 7.48. The van der Waals surface area contributed by atoms with E-state index in [1.54, 1.807) is 23.0 Å². The van der Waals surface area contributed by atoms with Crippen LogP contribution in [-0.2, 0) is 6.54 Å². The zero-order chi connectivity index (χ0) is 20.1. The summed E-state index contributed by atoms with van der Waals surface area (Å²) in [7, 11) is 0. The van der Waals surface area contributed by atoms with Crippen molar-refractivity contribution in [3.05, 3.63) is 64.0 Å². The maximum absolute atomic E-state index is 14.9. The first-order valence-electron chi connectivity index (χ1n) is 9.37. The van der Waals surface area contributed by atoms with Crippen molar-refractivity contribution in [2.75, 3.05) is 18.0 Å². The molecule has 148 valence electrons. The molecule has 5 heterocycles. The highest BCUT2D eigenvalue weighted by Crippen LogP contribution is 2.31. The molecule has 2 aliphatic rings. The van der Waals surface area contributed by atoms with Crippen LogP contribution in [0, 0.1) is 5.82 Å². The Balaban J connectivity index is 1.70. The van der Waals surface area contributed by atoms with Crippen LogP contribution in [0.2, 0.25) is 0 Å². The SMILES string of the molecule is O=C(O)c1cn(Cc2cccnc2)c2nc(N3C[C@@H]4C[C@H]3CN4)c(F)cc2c1=O. The Morgan fingerprint density at radius 3 is 2.93 bits per heavy atom. The van der Waals surface area contributed by atoms with E-state index in [2.05, 4.69) is 15.3 Å². The number of fused-ring (bicyclic) bond motifs is 3. The fourth-order valence-electron chi connectivity index (χ4n) is 4.26. The van der Waals surface area contributed by atoms with Crippen molar-refractivity contribution in [3.63, 3.8) is 0 Å². The van der Waals surface area contributed by atoms with E-state index in [4.69, 9.17) is 0 Å². The Bertz CT molecular complexity index is 1180. The monoisotopic (exact) mass is 395 g/mol. The highest BCUT2D eigenvalue weighted by atomic mass is 19.1. The minimum Gasteiger partial charge on any atom is -0.477 e.